The normalized spacial score (nSPS) is 11.4. The first-order valence-electron chi connectivity index (χ1n) is 10.4. The lowest BCUT2D eigenvalue weighted by atomic mass is 10.1. The summed E-state index contributed by atoms with van der Waals surface area (Å²) in [5, 5.41) is 2.95. The van der Waals surface area contributed by atoms with Gasteiger partial charge in [-0.05, 0) is 24.1 Å². The third-order valence-corrected chi connectivity index (χ3v) is 5.21. The number of hydrogen-bond donors (Lipinski definition) is 1. The fraction of sp³-hybridized carbons (Fsp3) is 0.231. The average Bonchev–Trinajstić information content (AvgIpc) is 2.82. The molecule has 0 aliphatic heterocycles. The van der Waals surface area contributed by atoms with Crippen molar-refractivity contribution in [3.63, 3.8) is 0 Å². The number of nitrogens with one attached hydrogen (secondary N) is 1. The quantitative estimate of drug-likeness (QED) is 0.574. The van der Waals surface area contributed by atoms with Crippen molar-refractivity contribution in [3.8, 4) is 5.75 Å². The van der Waals surface area contributed by atoms with Crippen molar-refractivity contribution in [1.82, 2.24) is 10.2 Å². The van der Waals surface area contributed by atoms with Crippen LogP contribution < -0.4 is 10.1 Å². The summed E-state index contributed by atoms with van der Waals surface area (Å²) in [7, 11) is 1.60. The van der Waals surface area contributed by atoms with Crippen molar-refractivity contribution < 1.29 is 14.3 Å². The smallest absolute Gasteiger partial charge is 0.242 e. The second-order valence-electron chi connectivity index (χ2n) is 7.38. The van der Waals surface area contributed by atoms with E-state index in [4.69, 9.17) is 4.74 Å². The Morgan fingerprint density at radius 3 is 2.10 bits per heavy atom. The van der Waals surface area contributed by atoms with Gasteiger partial charge in [-0.2, -0.15) is 0 Å². The van der Waals surface area contributed by atoms with Gasteiger partial charge in [0.05, 0.1) is 13.5 Å². The molecule has 5 heteroatoms. The molecule has 1 atom stereocenters. The molecule has 3 aromatic rings. The molecule has 0 aliphatic carbocycles. The number of ether oxygens (including phenoxy) is 1. The highest BCUT2D eigenvalue weighted by molar-refractivity contribution is 5.88. The van der Waals surface area contributed by atoms with Gasteiger partial charge in [0.1, 0.15) is 11.8 Å². The van der Waals surface area contributed by atoms with Crippen molar-refractivity contribution in [2.45, 2.75) is 32.5 Å². The van der Waals surface area contributed by atoms with Gasteiger partial charge < -0.3 is 15.0 Å². The van der Waals surface area contributed by atoms with Crippen LogP contribution >= 0.6 is 0 Å². The third kappa shape index (κ3) is 6.19. The fourth-order valence-electron chi connectivity index (χ4n) is 3.41. The van der Waals surface area contributed by atoms with Gasteiger partial charge in [0.2, 0.25) is 11.8 Å². The van der Waals surface area contributed by atoms with E-state index in [1.807, 2.05) is 84.9 Å². The fourth-order valence-corrected chi connectivity index (χ4v) is 3.41. The highest BCUT2D eigenvalue weighted by atomic mass is 16.5. The minimum atomic E-state index is -0.619. The van der Waals surface area contributed by atoms with Gasteiger partial charge in [-0.25, -0.2) is 0 Å². The van der Waals surface area contributed by atoms with E-state index >= 15 is 0 Å². The molecule has 0 saturated heterocycles. The van der Waals surface area contributed by atoms with Crippen molar-refractivity contribution in [2.24, 2.45) is 0 Å². The van der Waals surface area contributed by atoms with Crippen LogP contribution in [0.5, 0.6) is 5.75 Å². The van der Waals surface area contributed by atoms with E-state index < -0.39 is 6.04 Å². The molecule has 3 aromatic carbocycles. The van der Waals surface area contributed by atoms with Crippen LogP contribution in [0, 0.1) is 0 Å². The number of carbonyl (C=O) groups is 2. The second-order valence-corrected chi connectivity index (χ2v) is 7.38. The first kappa shape index (κ1) is 22.1. The number of carbonyl (C=O) groups excluding carboxylic acids is 2. The van der Waals surface area contributed by atoms with E-state index in [9.17, 15) is 9.59 Å². The van der Waals surface area contributed by atoms with Crippen LogP contribution in [0.15, 0.2) is 84.9 Å². The minimum Gasteiger partial charge on any atom is -0.496 e. The molecule has 0 aliphatic rings. The topological polar surface area (TPSA) is 58.6 Å². The van der Waals surface area contributed by atoms with Gasteiger partial charge in [-0.1, -0.05) is 78.9 Å². The highest BCUT2D eigenvalue weighted by Gasteiger charge is 2.26. The van der Waals surface area contributed by atoms with Crippen LogP contribution in [0.4, 0.5) is 0 Å². The molecule has 0 spiro atoms. The molecule has 1 N–H and O–H groups in total. The van der Waals surface area contributed by atoms with Crippen molar-refractivity contribution in [3.05, 3.63) is 102 Å². The zero-order valence-corrected chi connectivity index (χ0v) is 18.0. The Bertz CT molecular complexity index is 990. The molecule has 31 heavy (non-hydrogen) atoms. The summed E-state index contributed by atoms with van der Waals surface area (Å²) in [5.74, 6) is 0.426. The van der Waals surface area contributed by atoms with Crippen molar-refractivity contribution in [2.75, 3.05) is 7.11 Å². The average molecular weight is 417 g/mol. The Labute approximate surface area is 183 Å². The van der Waals surface area contributed by atoms with Crippen LogP contribution in [0.3, 0.4) is 0 Å². The first-order chi connectivity index (χ1) is 15.1. The van der Waals surface area contributed by atoms with Crippen molar-refractivity contribution in [1.29, 1.82) is 0 Å². The standard InChI is InChI=1S/C26H28N2O3/c1-20(26(30)27-18-23-15-9-10-16-24(23)31-2)28(19-22-13-7-4-8-14-22)25(29)17-21-11-5-3-6-12-21/h3-16,20H,17-19H2,1-2H3,(H,27,30)/t20-/m1/s1. The number of hydrogen-bond acceptors (Lipinski definition) is 3. The Morgan fingerprint density at radius 1 is 0.871 bits per heavy atom. The predicted octanol–water partition coefficient (Wildman–Crippen LogP) is 3.97. The Morgan fingerprint density at radius 2 is 1.45 bits per heavy atom. The van der Waals surface area contributed by atoms with Gasteiger partial charge >= 0.3 is 0 Å². The summed E-state index contributed by atoms with van der Waals surface area (Å²) < 4.78 is 5.35. The lowest BCUT2D eigenvalue weighted by Crippen LogP contribution is -2.48. The third-order valence-electron chi connectivity index (χ3n) is 5.21. The molecule has 0 saturated carbocycles. The molecule has 0 bridgehead atoms. The van der Waals surface area contributed by atoms with Crippen LogP contribution in [0.25, 0.3) is 0 Å². The molecule has 0 aromatic heterocycles. The van der Waals surface area contributed by atoms with E-state index in [-0.39, 0.29) is 18.2 Å². The molecule has 160 valence electrons. The Kier molecular flexibility index (Phi) is 7.82. The molecule has 0 fully saturated rings. The van der Waals surface area contributed by atoms with Gasteiger partial charge in [0, 0.05) is 18.7 Å². The number of rotatable bonds is 9. The first-order valence-corrected chi connectivity index (χ1v) is 10.4. The van der Waals surface area contributed by atoms with Crippen LogP contribution in [0.1, 0.15) is 23.6 Å². The monoisotopic (exact) mass is 416 g/mol. The van der Waals surface area contributed by atoms with Crippen LogP contribution in [0.2, 0.25) is 0 Å². The predicted molar refractivity (Wildman–Crippen MR) is 121 cm³/mol. The SMILES string of the molecule is COc1ccccc1CNC(=O)[C@@H](C)N(Cc1ccccc1)C(=O)Cc1ccccc1. The molecule has 5 nitrogen and oxygen atoms in total. The number of methoxy groups -OCH3 is 1. The minimum absolute atomic E-state index is 0.0880. The second kappa shape index (κ2) is 11.0. The van der Waals surface area contributed by atoms with E-state index in [1.165, 1.54) is 0 Å². The molecule has 0 radical (unpaired) electrons. The lowest BCUT2D eigenvalue weighted by molar-refractivity contribution is -0.140. The zero-order valence-electron chi connectivity index (χ0n) is 18.0. The summed E-state index contributed by atoms with van der Waals surface area (Å²) >= 11 is 0. The summed E-state index contributed by atoms with van der Waals surface area (Å²) in [6.45, 7) is 2.47. The molecule has 3 rings (SSSR count). The molecule has 0 heterocycles. The molecular weight excluding hydrogens is 388 g/mol. The molecule has 0 unspecified atom stereocenters. The van der Waals surface area contributed by atoms with E-state index in [1.54, 1.807) is 18.9 Å². The Balaban J connectivity index is 1.73. The summed E-state index contributed by atoms with van der Waals surface area (Å²) in [5.41, 5.74) is 2.79. The highest BCUT2D eigenvalue weighted by Crippen LogP contribution is 2.17. The maximum atomic E-state index is 13.2. The van der Waals surface area contributed by atoms with Crippen LogP contribution in [-0.2, 0) is 29.1 Å². The van der Waals surface area contributed by atoms with E-state index in [2.05, 4.69) is 5.32 Å². The zero-order chi connectivity index (χ0) is 22.1. The molecular formula is C26H28N2O3. The Hall–Kier alpha value is -3.60. The maximum absolute atomic E-state index is 13.2. The van der Waals surface area contributed by atoms with E-state index in [0.717, 1.165) is 22.4 Å². The van der Waals surface area contributed by atoms with Gasteiger partial charge in [-0.3, -0.25) is 9.59 Å². The number of para-hydroxylation sites is 1. The number of amides is 2. The number of nitrogens with zero attached hydrogens (tertiary/aromatic N) is 1. The lowest BCUT2D eigenvalue weighted by Gasteiger charge is -2.29. The largest absolute Gasteiger partial charge is 0.496 e. The van der Waals surface area contributed by atoms with Crippen LogP contribution in [-0.4, -0.2) is 29.9 Å². The van der Waals surface area contributed by atoms with Gasteiger partial charge in [0.25, 0.3) is 0 Å². The van der Waals surface area contributed by atoms with E-state index in [0.29, 0.717) is 13.1 Å². The summed E-state index contributed by atoms with van der Waals surface area (Å²) in [6.07, 6.45) is 0.248. The van der Waals surface area contributed by atoms with Crippen molar-refractivity contribution >= 4 is 11.8 Å². The number of benzene rings is 3. The van der Waals surface area contributed by atoms with Gasteiger partial charge in [0.15, 0.2) is 0 Å². The molecule has 2 amide bonds. The summed E-state index contributed by atoms with van der Waals surface area (Å²) in [6, 6.07) is 26.2. The van der Waals surface area contributed by atoms with Gasteiger partial charge in [-0.15, -0.1) is 0 Å². The summed E-state index contributed by atoms with van der Waals surface area (Å²) in [4.78, 5) is 27.8. The maximum Gasteiger partial charge on any atom is 0.242 e.